The molecule has 0 radical (unpaired) electrons. The van der Waals surface area contributed by atoms with Gasteiger partial charge in [-0.25, -0.2) is 4.39 Å². The summed E-state index contributed by atoms with van der Waals surface area (Å²) in [5.74, 6) is 0. The number of aldehydes is 1. The quantitative estimate of drug-likeness (QED) is 0.694. The van der Waals surface area contributed by atoms with E-state index in [1.807, 2.05) is 0 Å². The van der Waals surface area contributed by atoms with E-state index in [1.165, 1.54) is 0 Å². The van der Waals surface area contributed by atoms with E-state index in [9.17, 15) is 9.18 Å². The van der Waals surface area contributed by atoms with Gasteiger partial charge in [0.15, 0.2) is 0 Å². The van der Waals surface area contributed by atoms with Gasteiger partial charge in [0.2, 0.25) is 0 Å². The van der Waals surface area contributed by atoms with Crippen molar-refractivity contribution in [2.45, 2.75) is 0 Å². The molecule has 0 fully saturated rings. The molecule has 2 nitrogen and oxygen atoms in total. The predicted octanol–water partition coefficient (Wildman–Crippen LogP) is 1.88. The molecule has 1 aromatic carbocycles. The van der Waals surface area contributed by atoms with Crippen LogP contribution in [-0.4, -0.2) is 19.5 Å². The van der Waals surface area contributed by atoms with Crippen molar-refractivity contribution < 1.29 is 9.18 Å². The molecular formula is C9H10FNO. The van der Waals surface area contributed by atoms with Crippen LogP contribution in [0.15, 0.2) is 24.3 Å². The molecule has 0 atom stereocenters. The molecule has 0 saturated carbocycles. The lowest BCUT2D eigenvalue weighted by molar-refractivity contribution is 0.112. The van der Waals surface area contributed by atoms with Crippen LogP contribution in [0, 0.1) is 0 Å². The summed E-state index contributed by atoms with van der Waals surface area (Å²) in [6.45, 7) is -0.131. The minimum atomic E-state index is -0.411. The number of alkyl halides is 1. The van der Waals surface area contributed by atoms with Crippen molar-refractivity contribution in [3.05, 3.63) is 29.8 Å². The van der Waals surface area contributed by atoms with Crippen LogP contribution in [0.3, 0.4) is 0 Å². The lowest BCUT2D eigenvalue weighted by atomic mass is 10.2. The summed E-state index contributed by atoms with van der Waals surface area (Å²) < 4.78 is 11.7. The van der Waals surface area contributed by atoms with Crippen LogP contribution in [0.1, 0.15) is 10.4 Å². The molecule has 1 aromatic rings. The monoisotopic (exact) mass is 167 g/mol. The van der Waals surface area contributed by atoms with Crippen LogP contribution in [0.2, 0.25) is 0 Å². The minimum Gasteiger partial charge on any atom is -0.382 e. The number of hydrogen-bond donors (Lipinski definition) is 1. The van der Waals surface area contributed by atoms with Gasteiger partial charge in [-0.15, -0.1) is 0 Å². The van der Waals surface area contributed by atoms with E-state index in [0.29, 0.717) is 5.56 Å². The molecule has 64 valence electrons. The van der Waals surface area contributed by atoms with Gasteiger partial charge in [-0.05, 0) is 12.1 Å². The van der Waals surface area contributed by atoms with Crippen LogP contribution >= 0.6 is 0 Å². The summed E-state index contributed by atoms with van der Waals surface area (Å²) in [5, 5.41) is 2.84. The van der Waals surface area contributed by atoms with Gasteiger partial charge in [0.05, 0.1) is 0 Å². The van der Waals surface area contributed by atoms with Gasteiger partial charge in [0, 0.05) is 17.8 Å². The van der Waals surface area contributed by atoms with Gasteiger partial charge in [-0.3, -0.25) is 4.79 Å². The first-order valence-corrected chi connectivity index (χ1v) is 3.72. The van der Waals surface area contributed by atoms with E-state index >= 15 is 0 Å². The molecular weight excluding hydrogens is 157 g/mol. The maximum Gasteiger partial charge on any atom is 0.150 e. The second-order valence-electron chi connectivity index (χ2n) is 2.36. The molecule has 0 unspecified atom stereocenters. The number of nitrogens with one attached hydrogen (secondary N) is 1. The van der Waals surface area contributed by atoms with Crippen molar-refractivity contribution in [1.82, 2.24) is 0 Å². The number of carbonyl (C=O) groups is 1. The fourth-order valence-electron chi connectivity index (χ4n) is 0.914. The number of anilines is 1. The third kappa shape index (κ3) is 2.34. The summed E-state index contributed by atoms with van der Waals surface area (Å²) in [6.07, 6.45) is 0.765. The average molecular weight is 167 g/mol. The van der Waals surface area contributed by atoms with Gasteiger partial charge in [-0.2, -0.15) is 0 Å². The highest BCUT2D eigenvalue weighted by Crippen LogP contribution is 2.08. The van der Waals surface area contributed by atoms with Crippen LogP contribution in [-0.2, 0) is 0 Å². The number of halogens is 1. The van der Waals surface area contributed by atoms with Crippen molar-refractivity contribution in [3.63, 3.8) is 0 Å². The fourth-order valence-corrected chi connectivity index (χ4v) is 0.914. The van der Waals surface area contributed by atoms with Crippen molar-refractivity contribution in [3.8, 4) is 0 Å². The van der Waals surface area contributed by atoms with Crippen molar-refractivity contribution >= 4 is 12.0 Å². The molecule has 0 aliphatic heterocycles. The van der Waals surface area contributed by atoms with Gasteiger partial charge < -0.3 is 5.32 Å². The van der Waals surface area contributed by atoms with Crippen LogP contribution < -0.4 is 5.32 Å². The smallest absolute Gasteiger partial charge is 0.150 e. The Bertz CT molecular complexity index is 262. The van der Waals surface area contributed by atoms with Gasteiger partial charge >= 0.3 is 0 Å². The Hall–Kier alpha value is -1.38. The zero-order valence-corrected chi connectivity index (χ0v) is 6.59. The topological polar surface area (TPSA) is 29.1 Å². The van der Waals surface area contributed by atoms with E-state index < -0.39 is 6.67 Å². The Balaban J connectivity index is 2.66. The molecule has 0 aliphatic carbocycles. The highest BCUT2D eigenvalue weighted by atomic mass is 19.1. The summed E-state index contributed by atoms with van der Waals surface area (Å²) >= 11 is 0. The second-order valence-corrected chi connectivity index (χ2v) is 2.36. The van der Waals surface area contributed by atoms with Crippen LogP contribution in [0.4, 0.5) is 10.1 Å². The minimum absolute atomic E-state index is 0.280. The Morgan fingerprint density at radius 2 is 2.33 bits per heavy atom. The van der Waals surface area contributed by atoms with E-state index in [0.717, 1.165) is 12.0 Å². The molecule has 0 spiro atoms. The molecule has 0 heterocycles. The van der Waals surface area contributed by atoms with Gasteiger partial charge in [-0.1, -0.05) is 12.1 Å². The zero-order chi connectivity index (χ0) is 8.81. The Morgan fingerprint density at radius 3 is 3.00 bits per heavy atom. The Labute approximate surface area is 70.4 Å². The summed E-state index contributed by atoms with van der Waals surface area (Å²) in [4.78, 5) is 10.3. The molecule has 0 amide bonds. The third-order valence-corrected chi connectivity index (χ3v) is 1.45. The largest absolute Gasteiger partial charge is 0.382 e. The van der Waals surface area contributed by atoms with Crippen molar-refractivity contribution in [2.24, 2.45) is 0 Å². The fraction of sp³-hybridized carbons (Fsp3) is 0.222. The number of carbonyl (C=O) groups excluding carboxylic acids is 1. The van der Waals surface area contributed by atoms with Crippen LogP contribution in [0.5, 0.6) is 0 Å². The standard InChI is InChI=1S/C9H10FNO/c10-4-5-11-9-3-1-2-8(6-9)7-12/h1-3,6-7,11H,4-5H2. The molecule has 1 N–H and O–H groups in total. The Morgan fingerprint density at radius 1 is 1.50 bits per heavy atom. The molecule has 0 saturated heterocycles. The SMILES string of the molecule is O=Cc1cccc(NCCF)c1. The molecule has 3 heteroatoms. The maximum absolute atomic E-state index is 11.7. The third-order valence-electron chi connectivity index (χ3n) is 1.45. The molecule has 0 aliphatic rings. The van der Waals surface area contributed by atoms with E-state index in [1.54, 1.807) is 24.3 Å². The average Bonchev–Trinajstić information content (AvgIpc) is 2.15. The van der Waals surface area contributed by atoms with Crippen molar-refractivity contribution in [1.29, 1.82) is 0 Å². The lowest BCUT2D eigenvalue weighted by Crippen LogP contribution is -2.02. The maximum atomic E-state index is 11.7. The summed E-state index contributed by atoms with van der Waals surface area (Å²) in [7, 11) is 0. The molecule has 0 bridgehead atoms. The van der Waals surface area contributed by atoms with E-state index in [2.05, 4.69) is 5.32 Å². The predicted molar refractivity (Wildman–Crippen MR) is 46.3 cm³/mol. The summed E-state index contributed by atoms with van der Waals surface area (Å²) in [6, 6.07) is 6.93. The highest BCUT2D eigenvalue weighted by Gasteiger charge is 1.92. The van der Waals surface area contributed by atoms with Gasteiger partial charge in [0.25, 0.3) is 0 Å². The summed E-state index contributed by atoms with van der Waals surface area (Å²) in [5.41, 5.74) is 1.37. The number of benzene rings is 1. The van der Waals surface area contributed by atoms with Crippen LogP contribution in [0.25, 0.3) is 0 Å². The lowest BCUT2D eigenvalue weighted by Gasteiger charge is -2.02. The highest BCUT2D eigenvalue weighted by molar-refractivity contribution is 5.76. The Kier molecular flexibility index (Phi) is 3.26. The zero-order valence-electron chi connectivity index (χ0n) is 6.59. The second kappa shape index (κ2) is 4.49. The molecule has 12 heavy (non-hydrogen) atoms. The molecule has 0 aromatic heterocycles. The first kappa shape index (κ1) is 8.71. The van der Waals surface area contributed by atoms with E-state index in [4.69, 9.17) is 0 Å². The first-order chi connectivity index (χ1) is 5.86. The first-order valence-electron chi connectivity index (χ1n) is 3.72. The van der Waals surface area contributed by atoms with Gasteiger partial charge in [0.1, 0.15) is 13.0 Å². The number of rotatable bonds is 4. The van der Waals surface area contributed by atoms with Crippen molar-refractivity contribution in [2.75, 3.05) is 18.5 Å². The number of hydrogen-bond acceptors (Lipinski definition) is 2. The normalized spacial score (nSPS) is 9.42. The van der Waals surface area contributed by atoms with E-state index in [-0.39, 0.29) is 6.54 Å². The molecule has 1 rings (SSSR count).